The minimum absolute atomic E-state index is 0.273. The Kier molecular flexibility index (Phi) is 2.69. The Balaban J connectivity index is 2.84. The molecule has 17 heavy (non-hydrogen) atoms. The van der Waals surface area contributed by atoms with Crippen LogP contribution in [0.5, 0.6) is 0 Å². The Labute approximate surface area is 95.1 Å². The van der Waals surface area contributed by atoms with E-state index in [0.29, 0.717) is 18.1 Å². The third-order valence-corrected chi connectivity index (χ3v) is 2.64. The number of benzene rings is 1. The van der Waals surface area contributed by atoms with Crippen LogP contribution in [0.1, 0.15) is 18.2 Å². The van der Waals surface area contributed by atoms with Crippen molar-refractivity contribution in [1.29, 1.82) is 0 Å². The van der Waals surface area contributed by atoms with E-state index in [-0.39, 0.29) is 10.9 Å². The summed E-state index contributed by atoms with van der Waals surface area (Å²) >= 11 is 0. The van der Waals surface area contributed by atoms with Gasteiger partial charge in [0.25, 0.3) is 0 Å². The third kappa shape index (κ3) is 2.05. The van der Waals surface area contributed by atoms with Gasteiger partial charge in [-0.15, -0.1) is 0 Å². The Morgan fingerprint density at radius 2 is 2.00 bits per heavy atom. The molecule has 2 aromatic rings. The molecule has 1 N–H and O–H groups in total. The van der Waals surface area contributed by atoms with Gasteiger partial charge >= 0.3 is 6.18 Å². The number of aromatic nitrogens is 1. The summed E-state index contributed by atoms with van der Waals surface area (Å²) in [4.78, 5) is 13.9. The molecular formula is C12H10F3NO. The number of H-pyrrole nitrogens is 1. The van der Waals surface area contributed by atoms with E-state index in [4.69, 9.17) is 0 Å². The monoisotopic (exact) mass is 241 g/mol. The van der Waals surface area contributed by atoms with Crippen LogP contribution in [0.3, 0.4) is 0 Å². The highest BCUT2D eigenvalue weighted by Crippen LogP contribution is 2.28. The van der Waals surface area contributed by atoms with Gasteiger partial charge < -0.3 is 4.98 Å². The molecule has 0 unspecified atom stereocenters. The summed E-state index contributed by atoms with van der Waals surface area (Å²) in [5.74, 6) is 0. The molecule has 1 aromatic carbocycles. The van der Waals surface area contributed by atoms with Crippen molar-refractivity contribution in [2.45, 2.75) is 19.5 Å². The first-order chi connectivity index (χ1) is 7.93. The first kappa shape index (κ1) is 11.7. The summed E-state index contributed by atoms with van der Waals surface area (Å²) < 4.78 is 37.7. The maximum Gasteiger partial charge on any atom is 0.431 e. The zero-order valence-electron chi connectivity index (χ0n) is 9.06. The molecule has 0 aliphatic rings. The van der Waals surface area contributed by atoms with E-state index in [1.54, 1.807) is 12.1 Å². The van der Waals surface area contributed by atoms with Crippen LogP contribution in [0.15, 0.2) is 29.1 Å². The largest absolute Gasteiger partial charge is 0.431 e. The fourth-order valence-electron chi connectivity index (χ4n) is 1.78. The van der Waals surface area contributed by atoms with E-state index in [2.05, 4.69) is 4.98 Å². The van der Waals surface area contributed by atoms with Crippen LogP contribution in [0.2, 0.25) is 0 Å². The molecule has 1 heterocycles. The van der Waals surface area contributed by atoms with Crippen LogP contribution in [-0.2, 0) is 12.6 Å². The molecule has 0 aliphatic carbocycles. The van der Waals surface area contributed by atoms with E-state index < -0.39 is 17.3 Å². The number of para-hydroxylation sites is 1. The summed E-state index contributed by atoms with van der Waals surface area (Å²) in [5, 5.41) is 0.289. The lowest BCUT2D eigenvalue weighted by Crippen LogP contribution is -2.14. The van der Waals surface area contributed by atoms with E-state index in [1.807, 2.05) is 6.92 Å². The summed E-state index contributed by atoms with van der Waals surface area (Å²) in [6, 6.07) is 5.50. The third-order valence-electron chi connectivity index (χ3n) is 2.64. The number of hydrogen-bond donors (Lipinski definition) is 1. The molecular weight excluding hydrogens is 231 g/mol. The van der Waals surface area contributed by atoms with Crippen molar-refractivity contribution >= 4 is 10.9 Å². The SMILES string of the molecule is CCc1cccc2c(=O)cc(C(F)(F)F)[nH]c12. The van der Waals surface area contributed by atoms with Crippen molar-refractivity contribution in [3.63, 3.8) is 0 Å². The number of aromatic amines is 1. The van der Waals surface area contributed by atoms with E-state index in [1.165, 1.54) is 6.07 Å². The molecule has 90 valence electrons. The van der Waals surface area contributed by atoms with Crippen LogP contribution >= 0.6 is 0 Å². The Morgan fingerprint density at radius 1 is 1.29 bits per heavy atom. The molecule has 5 heteroatoms. The lowest BCUT2D eigenvalue weighted by atomic mass is 10.1. The van der Waals surface area contributed by atoms with Crippen molar-refractivity contribution in [1.82, 2.24) is 4.98 Å². The van der Waals surface area contributed by atoms with Gasteiger partial charge in [-0.3, -0.25) is 4.79 Å². The highest BCUT2D eigenvalue weighted by molar-refractivity contribution is 5.81. The van der Waals surface area contributed by atoms with Crippen LogP contribution < -0.4 is 5.43 Å². The van der Waals surface area contributed by atoms with Crippen LogP contribution in [0, 0.1) is 0 Å². The Bertz CT molecular complexity index is 613. The van der Waals surface area contributed by atoms with Gasteiger partial charge in [-0.1, -0.05) is 19.1 Å². The van der Waals surface area contributed by atoms with Gasteiger partial charge in [0, 0.05) is 11.5 Å². The minimum Gasteiger partial charge on any atom is -0.351 e. The minimum atomic E-state index is -4.53. The zero-order valence-corrected chi connectivity index (χ0v) is 9.06. The first-order valence-electron chi connectivity index (χ1n) is 5.15. The highest BCUT2D eigenvalue weighted by atomic mass is 19.4. The van der Waals surface area contributed by atoms with Crippen LogP contribution in [-0.4, -0.2) is 4.98 Å². The number of halogens is 3. The van der Waals surface area contributed by atoms with E-state index in [0.717, 1.165) is 0 Å². The van der Waals surface area contributed by atoms with Gasteiger partial charge in [-0.05, 0) is 18.1 Å². The summed E-state index contributed by atoms with van der Waals surface area (Å²) in [6.07, 6.45) is -3.97. The van der Waals surface area contributed by atoms with Gasteiger partial charge in [0.2, 0.25) is 0 Å². The maximum atomic E-state index is 12.6. The Hall–Kier alpha value is -1.78. The van der Waals surface area contributed by atoms with Gasteiger partial charge in [-0.2, -0.15) is 13.2 Å². The second-order valence-corrected chi connectivity index (χ2v) is 3.74. The molecule has 0 fully saturated rings. The number of rotatable bonds is 1. The molecule has 2 rings (SSSR count). The van der Waals surface area contributed by atoms with Crippen molar-refractivity contribution in [3.8, 4) is 0 Å². The van der Waals surface area contributed by atoms with Crippen molar-refractivity contribution in [3.05, 3.63) is 45.7 Å². The average molecular weight is 241 g/mol. The molecule has 0 atom stereocenters. The first-order valence-corrected chi connectivity index (χ1v) is 5.15. The number of alkyl halides is 3. The molecule has 0 spiro atoms. The van der Waals surface area contributed by atoms with Crippen molar-refractivity contribution in [2.24, 2.45) is 0 Å². The summed E-state index contributed by atoms with van der Waals surface area (Å²) in [6.45, 7) is 1.83. The summed E-state index contributed by atoms with van der Waals surface area (Å²) in [5.41, 5.74) is -0.641. The van der Waals surface area contributed by atoms with Crippen LogP contribution in [0.25, 0.3) is 10.9 Å². The fraction of sp³-hybridized carbons (Fsp3) is 0.250. The molecule has 0 bridgehead atoms. The average Bonchev–Trinajstić information content (AvgIpc) is 2.27. The van der Waals surface area contributed by atoms with Gasteiger partial charge in [0.05, 0.1) is 5.52 Å². The molecule has 0 radical (unpaired) electrons. The predicted octanol–water partition coefficient (Wildman–Crippen LogP) is 3.11. The quantitative estimate of drug-likeness (QED) is 0.817. The van der Waals surface area contributed by atoms with Gasteiger partial charge in [0.1, 0.15) is 5.69 Å². The van der Waals surface area contributed by atoms with Crippen molar-refractivity contribution in [2.75, 3.05) is 0 Å². The van der Waals surface area contributed by atoms with E-state index in [9.17, 15) is 18.0 Å². The normalized spacial score (nSPS) is 12.0. The maximum absolute atomic E-state index is 12.6. The lowest BCUT2D eigenvalue weighted by molar-refractivity contribution is -0.141. The highest BCUT2D eigenvalue weighted by Gasteiger charge is 2.32. The summed E-state index contributed by atoms with van der Waals surface area (Å²) in [7, 11) is 0. The second kappa shape index (κ2) is 3.91. The molecule has 1 aromatic heterocycles. The number of pyridine rings is 1. The number of nitrogens with one attached hydrogen (secondary N) is 1. The van der Waals surface area contributed by atoms with Gasteiger partial charge in [0.15, 0.2) is 5.43 Å². The van der Waals surface area contributed by atoms with E-state index >= 15 is 0 Å². The predicted molar refractivity (Wildman–Crippen MR) is 58.9 cm³/mol. The molecule has 0 amide bonds. The molecule has 0 saturated heterocycles. The lowest BCUT2D eigenvalue weighted by Gasteiger charge is -2.10. The topological polar surface area (TPSA) is 32.9 Å². The Morgan fingerprint density at radius 3 is 2.59 bits per heavy atom. The fourth-order valence-corrected chi connectivity index (χ4v) is 1.78. The molecule has 2 nitrogen and oxygen atoms in total. The van der Waals surface area contributed by atoms with Crippen LogP contribution in [0.4, 0.5) is 13.2 Å². The number of fused-ring (bicyclic) bond motifs is 1. The zero-order chi connectivity index (χ0) is 12.6. The smallest absolute Gasteiger partial charge is 0.351 e. The molecule has 0 aliphatic heterocycles. The van der Waals surface area contributed by atoms with Crippen molar-refractivity contribution < 1.29 is 13.2 Å². The number of hydrogen-bond acceptors (Lipinski definition) is 1. The standard InChI is InChI=1S/C12H10F3NO/c1-2-7-4-3-5-8-9(17)6-10(12(13,14)15)16-11(7)8/h3-6H,2H2,1H3,(H,16,17). The molecule has 0 saturated carbocycles. The van der Waals surface area contributed by atoms with Gasteiger partial charge in [-0.25, -0.2) is 0 Å². The number of aryl methyl sites for hydroxylation is 1. The second-order valence-electron chi connectivity index (χ2n) is 3.74.